The summed E-state index contributed by atoms with van der Waals surface area (Å²) in [5.74, 6) is -2.19. The standard InChI is InChI=1S/C27H31F4NO5Si/c1-38(2,3)23-10-7-17(13-21(23)28)14-22(33)26-20-9-8-19(37-16-27(29,30)31)15-18(20)11-12-32(26)24(34)5-4-6-25(35)36/h7-10,13,15,26H,4-6,11-12,14,16H2,1-3H3,(H,35,36)/t26-/m1/s1. The minimum absolute atomic E-state index is 0.00230. The Morgan fingerprint density at radius 2 is 1.79 bits per heavy atom. The molecular weight excluding hydrogens is 522 g/mol. The van der Waals surface area contributed by atoms with Crippen molar-refractivity contribution in [1.82, 2.24) is 4.90 Å². The van der Waals surface area contributed by atoms with Gasteiger partial charge in [0.15, 0.2) is 12.4 Å². The van der Waals surface area contributed by atoms with Crippen LogP contribution in [0.15, 0.2) is 36.4 Å². The van der Waals surface area contributed by atoms with Gasteiger partial charge in [0.1, 0.15) is 17.6 Å². The van der Waals surface area contributed by atoms with E-state index >= 15 is 0 Å². The third-order valence-electron chi connectivity index (χ3n) is 6.37. The number of nitrogens with zero attached hydrogens (tertiary/aromatic N) is 1. The van der Waals surface area contributed by atoms with E-state index in [0.29, 0.717) is 21.9 Å². The summed E-state index contributed by atoms with van der Waals surface area (Å²) < 4.78 is 57.4. The number of halogens is 4. The van der Waals surface area contributed by atoms with Crippen LogP contribution in [0.25, 0.3) is 0 Å². The van der Waals surface area contributed by atoms with Crippen LogP contribution in [0.1, 0.15) is 42.0 Å². The smallest absolute Gasteiger partial charge is 0.422 e. The molecule has 38 heavy (non-hydrogen) atoms. The number of carbonyl (C=O) groups is 3. The summed E-state index contributed by atoms with van der Waals surface area (Å²) in [5.41, 5.74) is 1.49. The Labute approximate surface area is 219 Å². The lowest BCUT2D eigenvalue weighted by molar-refractivity contribution is -0.153. The zero-order valence-electron chi connectivity index (χ0n) is 21.5. The summed E-state index contributed by atoms with van der Waals surface area (Å²) in [6.45, 7) is 4.70. The summed E-state index contributed by atoms with van der Waals surface area (Å²) in [7, 11) is -1.93. The Morgan fingerprint density at radius 1 is 1.08 bits per heavy atom. The number of carboxylic acids is 1. The molecule has 206 valence electrons. The van der Waals surface area contributed by atoms with Crippen molar-refractivity contribution in [2.45, 2.75) is 64.0 Å². The molecule has 0 spiro atoms. The Balaban J connectivity index is 1.90. The first kappa shape index (κ1) is 29.3. The van der Waals surface area contributed by atoms with Crippen molar-refractivity contribution >= 4 is 30.9 Å². The fourth-order valence-corrected chi connectivity index (χ4v) is 5.96. The van der Waals surface area contributed by atoms with Crippen LogP contribution in [-0.4, -0.2) is 55.1 Å². The molecule has 0 fully saturated rings. The molecule has 0 aliphatic carbocycles. The number of Topliss-reactive ketones (excluding diaryl/α,β-unsaturated/α-hetero) is 1. The highest BCUT2D eigenvalue weighted by atomic mass is 28.3. The van der Waals surface area contributed by atoms with Crippen molar-refractivity contribution in [3.05, 3.63) is 58.9 Å². The summed E-state index contributed by atoms with van der Waals surface area (Å²) in [5, 5.41) is 9.53. The fraction of sp³-hybridized carbons (Fsp3) is 0.444. The second-order valence-electron chi connectivity index (χ2n) is 10.5. The van der Waals surface area contributed by atoms with E-state index in [1.165, 1.54) is 29.2 Å². The fourth-order valence-electron chi connectivity index (χ4n) is 4.58. The maximum atomic E-state index is 14.8. The molecule has 11 heteroatoms. The van der Waals surface area contributed by atoms with E-state index in [1.54, 1.807) is 12.1 Å². The average molecular weight is 554 g/mol. The van der Waals surface area contributed by atoms with Crippen LogP contribution in [0.5, 0.6) is 5.75 Å². The number of amides is 1. The molecule has 1 atom stereocenters. The predicted molar refractivity (Wildman–Crippen MR) is 136 cm³/mol. The molecular formula is C27H31F4NO5Si. The maximum Gasteiger partial charge on any atom is 0.422 e. The van der Waals surface area contributed by atoms with Gasteiger partial charge < -0.3 is 14.7 Å². The van der Waals surface area contributed by atoms with Gasteiger partial charge >= 0.3 is 12.1 Å². The van der Waals surface area contributed by atoms with Crippen molar-refractivity contribution in [2.24, 2.45) is 0 Å². The summed E-state index contributed by atoms with van der Waals surface area (Å²) in [4.78, 5) is 38.9. The summed E-state index contributed by atoms with van der Waals surface area (Å²) in [6.07, 6.45) is -4.54. The number of ketones is 1. The van der Waals surface area contributed by atoms with E-state index in [2.05, 4.69) is 0 Å². The number of fused-ring (bicyclic) bond motifs is 1. The molecule has 3 rings (SSSR count). The Hall–Kier alpha value is -3.21. The lowest BCUT2D eigenvalue weighted by Gasteiger charge is -2.37. The van der Waals surface area contributed by atoms with E-state index < -0.39 is 38.8 Å². The van der Waals surface area contributed by atoms with E-state index in [-0.39, 0.29) is 56.0 Å². The van der Waals surface area contributed by atoms with Crippen molar-refractivity contribution in [3.8, 4) is 5.75 Å². The van der Waals surface area contributed by atoms with Crippen LogP contribution in [0.2, 0.25) is 19.6 Å². The molecule has 1 N–H and O–H groups in total. The zero-order chi connectivity index (χ0) is 28.3. The monoisotopic (exact) mass is 553 g/mol. The molecule has 0 saturated carbocycles. The van der Waals surface area contributed by atoms with E-state index in [4.69, 9.17) is 9.84 Å². The third kappa shape index (κ3) is 7.65. The molecule has 1 heterocycles. The minimum Gasteiger partial charge on any atom is -0.484 e. The number of rotatable bonds is 10. The van der Waals surface area contributed by atoms with Gasteiger partial charge in [-0.25, -0.2) is 4.39 Å². The van der Waals surface area contributed by atoms with Gasteiger partial charge in [-0.05, 0) is 52.9 Å². The highest BCUT2D eigenvalue weighted by Crippen LogP contribution is 2.35. The molecule has 0 saturated heterocycles. The van der Waals surface area contributed by atoms with Gasteiger partial charge in [0.2, 0.25) is 5.91 Å². The van der Waals surface area contributed by atoms with Gasteiger partial charge in [0, 0.05) is 25.8 Å². The predicted octanol–water partition coefficient (Wildman–Crippen LogP) is 4.80. The molecule has 0 aromatic heterocycles. The Morgan fingerprint density at radius 3 is 2.39 bits per heavy atom. The average Bonchev–Trinajstić information content (AvgIpc) is 2.80. The van der Waals surface area contributed by atoms with Crippen molar-refractivity contribution in [2.75, 3.05) is 13.2 Å². The summed E-state index contributed by atoms with van der Waals surface area (Å²) >= 11 is 0. The van der Waals surface area contributed by atoms with Crippen LogP contribution in [0, 0.1) is 5.82 Å². The number of aliphatic carboxylic acids is 1. The number of ether oxygens (including phenoxy) is 1. The first-order valence-corrected chi connectivity index (χ1v) is 15.8. The number of benzene rings is 2. The van der Waals surface area contributed by atoms with Gasteiger partial charge in [0.25, 0.3) is 0 Å². The lowest BCUT2D eigenvalue weighted by Crippen LogP contribution is -2.44. The zero-order valence-corrected chi connectivity index (χ0v) is 22.5. The third-order valence-corrected chi connectivity index (χ3v) is 8.39. The summed E-state index contributed by atoms with van der Waals surface area (Å²) in [6, 6.07) is 7.94. The molecule has 1 aliphatic heterocycles. The molecule has 2 aromatic rings. The van der Waals surface area contributed by atoms with Crippen molar-refractivity contribution < 1.29 is 41.8 Å². The number of hydrogen-bond donors (Lipinski definition) is 1. The second kappa shape index (κ2) is 11.7. The normalized spacial score (nSPS) is 15.7. The number of carboxylic acid groups (broad SMARTS) is 1. The quantitative estimate of drug-likeness (QED) is 0.338. The molecule has 2 aromatic carbocycles. The van der Waals surface area contributed by atoms with Gasteiger partial charge in [-0.3, -0.25) is 14.4 Å². The highest BCUT2D eigenvalue weighted by molar-refractivity contribution is 6.88. The lowest BCUT2D eigenvalue weighted by atomic mass is 9.87. The van der Waals surface area contributed by atoms with Crippen LogP contribution >= 0.6 is 0 Å². The topological polar surface area (TPSA) is 83.9 Å². The molecule has 0 bridgehead atoms. The minimum atomic E-state index is -4.51. The van der Waals surface area contributed by atoms with E-state index in [9.17, 15) is 31.9 Å². The van der Waals surface area contributed by atoms with Crippen molar-refractivity contribution in [1.29, 1.82) is 0 Å². The number of hydrogen-bond acceptors (Lipinski definition) is 4. The Bertz CT molecular complexity index is 1210. The molecule has 6 nitrogen and oxygen atoms in total. The first-order chi connectivity index (χ1) is 17.7. The van der Waals surface area contributed by atoms with Crippen LogP contribution in [0.3, 0.4) is 0 Å². The van der Waals surface area contributed by atoms with Crippen LogP contribution in [-0.2, 0) is 27.2 Å². The molecule has 0 unspecified atom stereocenters. The van der Waals surface area contributed by atoms with Crippen LogP contribution in [0.4, 0.5) is 17.6 Å². The first-order valence-electron chi connectivity index (χ1n) is 12.3. The SMILES string of the molecule is C[Si](C)(C)c1ccc(CC(=O)[C@H]2c3ccc(OCC(F)(F)F)cc3CCN2C(=O)CCCC(=O)O)cc1F. The number of alkyl halides is 3. The van der Waals surface area contributed by atoms with Gasteiger partial charge in [0.05, 0.1) is 8.07 Å². The number of carbonyl (C=O) groups excluding carboxylic acids is 2. The van der Waals surface area contributed by atoms with E-state index in [1.807, 2.05) is 19.6 Å². The van der Waals surface area contributed by atoms with E-state index in [0.717, 1.165) is 0 Å². The second-order valence-corrected chi connectivity index (χ2v) is 15.5. The molecule has 1 aliphatic rings. The Kier molecular flexibility index (Phi) is 9.01. The van der Waals surface area contributed by atoms with Gasteiger partial charge in [-0.2, -0.15) is 13.2 Å². The largest absolute Gasteiger partial charge is 0.484 e. The highest BCUT2D eigenvalue weighted by Gasteiger charge is 2.36. The molecule has 0 radical (unpaired) electrons. The van der Waals surface area contributed by atoms with Crippen LogP contribution < -0.4 is 9.92 Å². The van der Waals surface area contributed by atoms with Crippen molar-refractivity contribution in [3.63, 3.8) is 0 Å². The van der Waals surface area contributed by atoms with Gasteiger partial charge in [-0.15, -0.1) is 0 Å². The van der Waals surface area contributed by atoms with Gasteiger partial charge in [-0.1, -0.05) is 37.8 Å². The maximum absolute atomic E-state index is 14.8. The molecule has 1 amide bonds.